The van der Waals surface area contributed by atoms with Crippen molar-refractivity contribution in [1.29, 1.82) is 0 Å². The summed E-state index contributed by atoms with van der Waals surface area (Å²) in [6, 6.07) is 5.10. The average Bonchev–Trinajstić information content (AvgIpc) is 2.24. The first kappa shape index (κ1) is 18.6. The van der Waals surface area contributed by atoms with E-state index in [4.69, 9.17) is 0 Å². The van der Waals surface area contributed by atoms with Gasteiger partial charge in [-0.2, -0.15) is 0 Å². The van der Waals surface area contributed by atoms with E-state index >= 15 is 0 Å². The lowest BCUT2D eigenvalue weighted by Crippen LogP contribution is -2.41. The van der Waals surface area contributed by atoms with Crippen LogP contribution in [0.5, 0.6) is 0 Å². The number of hydrogen-bond acceptors (Lipinski definition) is 1. The molecule has 0 fully saturated rings. The van der Waals surface area contributed by atoms with E-state index in [1.807, 2.05) is 26.8 Å². The average molecular weight is 444 g/mol. The Morgan fingerprint density at radius 3 is 2.58 bits per heavy atom. The number of guanidine groups is 1. The minimum atomic E-state index is -0.253. The lowest BCUT2D eigenvalue weighted by atomic mass is 10.2. The van der Waals surface area contributed by atoms with Crippen LogP contribution in [-0.4, -0.2) is 18.5 Å². The van der Waals surface area contributed by atoms with Gasteiger partial charge in [0.2, 0.25) is 0 Å². The zero-order chi connectivity index (χ0) is 13.5. The molecular weight excluding hydrogens is 424 g/mol. The quantitative estimate of drug-likeness (QED) is 0.423. The van der Waals surface area contributed by atoms with Crippen molar-refractivity contribution in [3.63, 3.8) is 0 Å². The maximum absolute atomic E-state index is 13.2. The fourth-order valence-electron chi connectivity index (χ4n) is 1.47. The first-order valence-electron chi connectivity index (χ1n) is 6.01. The van der Waals surface area contributed by atoms with Gasteiger partial charge in [-0.25, -0.2) is 9.38 Å². The second-order valence-corrected chi connectivity index (χ2v) is 5.19. The summed E-state index contributed by atoms with van der Waals surface area (Å²) < 4.78 is 13.9. The van der Waals surface area contributed by atoms with Crippen molar-refractivity contribution < 1.29 is 4.39 Å². The Hall–Kier alpha value is -0.370. The van der Waals surface area contributed by atoms with E-state index in [9.17, 15) is 4.39 Å². The number of hydrogen-bond donors (Lipinski definition) is 2. The number of benzene rings is 1. The van der Waals surface area contributed by atoms with Crippen LogP contribution in [0.3, 0.4) is 0 Å². The molecule has 2 N–H and O–H groups in total. The van der Waals surface area contributed by atoms with Crippen LogP contribution in [0.4, 0.5) is 4.39 Å². The Bertz CT molecular complexity index is 404. The van der Waals surface area contributed by atoms with Crippen LogP contribution in [0.15, 0.2) is 27.7 Å². The first-order chi connectivity index (χ1) is 8.51. The summed E-state index contributed by atoms with van der Waals surface area (Å²) >= 11 is 3.27. The Balaban J connectivity index is 0.00000324. The summed E-state index contributed by atoms with van der Waals surface area (Å²) in [5.74, 6) is 0.490. The summed E-state index contributed by atoms with van der Waals surface area (Å²) in [7, 11) is 0. The molecule has 0 spiro atoms. The van der Waals surface area contributed by atoms with Gasteiger partial charge in [0, 0.05) is 17.1 Å². The molecule has 0 amide bonds. The molecule has 1 rings (SSSR count). The molecule has 1 aromatic rings. The van der Waals surface area contributed by atoms with E-state index in [2.05, 4.69) is 31.6 Å². The van der Waals surface area contributed by atoms with Gasteiger partial charge in [-0.3, -0.25) is 0 Å². The minimum Gasteiger partial charge on any atom is -0.357 e. The van der Waals surface area contributed by atoms with E-state index in [-0.39, 0.29) is 29.8 Å². The van der Waals surface area contributed by atoms with Gasteiger partial charge in [-0.15, -0.1) is 24.0 Å². The monoisotopic (exact) mass is 443 g/mol. The molecule has 1 aromatic carbocycles. The van der Waals surface area contributed by atoms with Gasteiger partial charge in [-0.05, 0) is 44.5 Å². The minimum absolute atomic E-state index is 0. The van der Waals surface area contributed by atoms with Gasteiger partial charge in [0.1, 0.15) is 5.82 Å². The maximum Gasteiger partial charge on any atom is 0.191 e. The van der Waals surface area contributed by atoms with Gasteiger partial charge in [0.15, 0.2) is 5.96 Å². The first-order valence-corrected chi connectivity index (χ1v) is 6.80. The van der Waals surface area contributed by atoms with Gasteiger partial charge in [0.05, 0.1) is 6.54 Å². The van der Waals surface area contributed by atoms with Gasteiger partial charge in [0.25, 0.3) is 0 Å². The SMILES string of the molecule is CCNC(=NCc1cc(F)cc(Br)c1)NC(C)C.I. The molecule has 0 atom stereocenters. The largest absolute Gasteiger partial charge is 0.357 e. The third-order valence-corrected chi connectivity index (χ3v) is 2.57. The van der Waals surface area contributed by atoms with E-state index in [1.54, 1.807) is 0 Å². The maximum atomic E-state index is 13.2. The molecule has 0 radical (unpaired) electrons. The molecule has 0 saturated carbocycles. The Labute approximate surface area is 139 Å². The van der Waals surface area contributed by atoms with Crippen molar-refractivity contribution in [1.82, 2.24) is 10.6 Å². The second kappa shape index (κ2) is 9.52. The van der Waals surface area contributed by atoms with E-state index in [1.165, 1.54) is 12.1 Å². The van der Waals surface area contributed by atoms with Crippen molar-refractivity contribution in [3.8, 4) is 0 Å². The Kier molecular flexibility index (Phi) is 9.34. The molecule has 3 nitrogen and oxygen atoms in total. The molecule has 0 saturated heterocycles. The summed E-state index contributed by atoms with van der Waals surface area (Å²) in [4.78, 5) is 4.41. The van der Waals surface area contributed by atoms with Crippen LogP contribution in [0, 0.1) is 5.82 Å². The highest BCUT2D eigenvalue weighted by Gasteiger charge is 2.01. The van der Waals surface area contributed by atoms with Gasteiger partial charge < -0.3 is 10.6 Å². The molecule has 6 heteroatoms. The summed E-state index contributed by atoms with van der Waals surface area (Å²) in [6.45, 7) is 7.34. The highest BCUT2D eigenvalue weighted by molar-refractivity contribution is 14.0. The summed E-state index contributed by atoms with van der Waals surface area (Å²) in [5.41, 5.74) is 0.836. The van der Waals surface area contributed by atoms with Crippen LogP contribution in [0.25, 0.3) is 0 Å². The number of aliphatic imine (C=N–C) groups is 1. The Morgan fingerprint density at radius 1 is 1.37 bits per heavy atom. The molecule has 0 unspecified atom stereocenters. The van der Waals surface area contributed by atoms with Gasteiger partial charge >= 0.3 is 0 Å². The number of rotatable bonds is 4. The molecule has 0 aliphatic carbocycles. The van der Waals surface area contributed by atoms with E-state index in [0.717, 1.165) is 22.5 Å². The van der Waals surface area contributed by atoms with Gasteiger partial charge in [-0.1, -0.05) is 15.9 Å². The smallest absolute Gasteiger partial charge is 0.191 e. The van der Waals surface area contributed by atoms with Crippen LogP contribution in [-0.2, 0) is 6.54 Å². The molecule has 0 aliphatic rings. The molecule has 0 heterocycles. The molecular formula is C13H20BrFIN3. The van der Waals surface area contributed by atoms with Crippen molar-refractivity contribution >= 4 is 45.9 Å². The third-order valence-electron chi connectivity index (χ3n) is 2.11. The molecule has 0 bridgehead atoms. The van der Waals surface area contributed by atoms with E-state index < -0.39 is 0 Å². The standard InChI is InChI=1S/C13H19BrFN3.HI/c1-4-16-13(18-9(2)3)17-8-10-5-11(14)7-12(15)6-10;/h5-7,9H,4,8H2,1-3H3,(H2,16,17,18);1H. The second-order valence-electron chi connectivity index (χ2n) is 4.27. The number of nitrogens with one attached hydrogen (secondary N) is 2. The van der Waals surface area contributed by atoms with Crippen LogP contribution < -0.4 is 10.6 Å². The van der Waals surface area contributed by atoms with Crippen LogP contribution in [0.1, 0.15) is 26.3 Å². The number of nitrogens with zero attached hydrogens (tertiary/aromatic N) is 1. The highest BCUT2D eigenvalue weighted by Crippen LogP contribution is 2.15. The number of halogens is 3. The molecule has 0 aromatic heterocycles. The molecule has 0 aliphatic heterocycles. The molecule has 108 valence electrons. The van der Waals surface area contributed by atoms with Crippen LogP contribution >= 0.6 is 39.9 Å². The topological polar surface area (TPSA) is 36.4 Å². The van der Waals surface area contributed by atoms with E-state index in [0.29, 0.717) is 12.6 Å². The predicted molar refractivity (Wildman–Crippen MR) is 92.6 cm³/mol. The normalized spacial score (nSPS) is 11.2. The zero-order valence-electron chi connectivity index (χ0n) is 11.3. The predicted octanol–water partition coefficient (Wildman–Crippen LogP) is 3.67. The third kappa shape index (κ3) is 7.71. The lowest BCUT2D eigenvalue weighted by Gasteiger charge is -2.13. The van der Waals surface area contributed by atoms with Crippen LogP contribution in [0.2, 0.25) is 0 Å². The van der Waals surface area contributed by atoms with Crippen molar-refractivity contribution in [2.24, 2.45) is 4.99 Å². The highest BCUT2D eigenvalue weighted by atomic mass is 127. The van der Waals surface area contributed by atoms with Crippen molar-refractivity contribution in [3.05, 3.63) is 34.1 Å². The zero-order valence-corrected chi connectivity index (χ0v) is 15.3. The fraction of sp³-hybridized carbons (Fsp3) is 0.462. The molecule has 19 heavy (non-hydrogen) atoms. The van der Waals surface area contributed by atoms with Crippen molar-refractivity contribution in [2.45, 2.75) is 33.4 Å². The lowest BCUT2D eigenvalue weighted by molar-refractivity contribution is 0.624. The summed E-state index contributed by atoms with van der Waals surface area (Å²) in [6.07, 6.45) is 0. The summed E-state index contributed by atoms with van der Waals surface area (Å²) in [5, 5.41) is 6.36. The Morgan fingerprint density at radius 2 is 2.05 bits per heavy atom. The van der Waals surface area contributed by atoms with Crippen molar-refractivity contribution in [2.75, 3.05) is 6.54 Å². The fourth-order valence-corrected chi connectivity index (χ4v) is 1.98.